The third-order valence-corrected chi connectivity index (χ3v) is 2.92. The van der Waals surface area contributed by atoms with Crippen molar-refractivity contribution in [3.63, 3.8) is 0 Å². The van der Waals surface area contributed by atoms with Crippen molar-refractivity contribution in [2.24, 2.45) is 0 Å². The lowest BCUT2D eigenvalue weighted by Crippen LogP contribution is -2.22. The summed E-state index contributed by atoms with van der Waals surface area (Å²) in [5.41, 5.74) is 7.01. The first-order valence-corrected chi connectivity index (χ1v) is 6.78. The van der Waals surface area contributed by atoms with Gasteiger partial charge in [-0.3, -0.25) is 4.79 Å². The Labute approximate surface area is 133 Å². The molecular formula is C15H17N5O3. The number of carbonyl (C=O) groups excluding carboxylic acids is 2. The summed E-state index contributed by atoms with van der Waals surface area (Å²) in [6, 6.07) is 7.25. The van der Waals surface area contributed by atoms with Gasteiger partial charge in [-0.05, 0) is 24.3 Å². The minimum atomic E-state index is -0.797. The predicted octanol–water partition coefficient (Wildman–Crippen LogP) is 0.920. The number of hydrogen-bond acceptors (Lipinski definition) is 7. The molecule has 0 fully saturated rings. The van der Waals surface area contributed by atoms with Crippen LogP contribution in [0.2, 0.25) is 0 Å². The van der Waals surface area contributed by atoms with E-state index in [1.165, 1.54) is 12.4 Å². The second kappa shape index (κ2) is 7.21. The number of hydrogen-bond donors (Lipinski definition) is 2. The highest BCUT2D eigenvalue weighted by Crippen LogP contribution is 2.15. The van der Waals surface area contributed by atoms with Gasteiger partial charge in [0.25, 0.3) is 5.91 Å². The third-order valence-electron chi connectivity index (χ3n) is 2.92. The zero-order valence-corrected chi connectivity index (χ0v) is 12.8. The molecule has 120 valence electrons. The minimum Gasteiger partial charge on any atom is -0.451 e. The van der Waals surface area contributed by atoms with Crippen LogP contribution < -0.4 is 16.0 Å². The number of benzene rings is 1. The molecule has 0 aliphatic carbocycles. The summed E-state index contributed by atoms with van der Waals surface area (Å²) >= 11 is 0. The van der Waals surface area contributed by atoms with Crippen molar-refractivity contribution < 1.29 is 14.3 Å². The van der Waals surface area contributed by atoms with E-state index >= 15 is 0 Å². The van der Waals surface area contributed by atoms with Crippen molar-refractivity contribution in [1.82, 2.24) is 9.97 Å². The van der Waals surface area contributed by atoms with Gasteiger partial charge in [-0.1, -0.05) is 0 Å². The number of carbonyl (C=O) groups is 2. The van der Waals surface area contributed by atoms with E-state index in [-0.39, 0.29) is 11.5 Å². The molecule has 0 spiro atoms. The Kier molecular flexibility index (Phi) is 5.08. The Morgan fingerprint density at radius 1 is 1.17 bits per heavy atom. The number of nitrogens with one attached hydrogen (secondary N) is 1. The lowest BCUT2D eigenvalue weighted by molar-refractivity contribution is -0.119. The van der Waals surface area contributed by atoms with Crippen LogP contribution >= 0.6 is 0 Å². The highest BCUT2D eigenvalue weighted by atomic mass is 16.5. The van der Waals surface area contributed by atoms with Gasteiger partial charge in [0, 0.05) is 37.9 Å². The van der Waals surface area contributed by atoms with Gasteiger partial charge in [0.05, 0.1) is 0 Å². The summed E-state index contributed by atoms with van der Waals surface area (Å²) in [7, 11) is 3.84. The Balaban J connectivity index is 1.88. The number of rotatable bonds is 5. The fourth-order valence-electron chi connectivity index (χ4n) is 1.75. The smallest absolute Gasteiger partial charge is 0.361 e. The molecule has 8 nitrogen and oxygen atoms in total. The van der Waals surface area contributed by atoms with Crippen molar-refractivity contribution in [2.75, 3.05) is 36.7 Å². The summed E-state index contributed by atoms with van der Waals surface area (Å²) in [4.78, 5) is 33.0. The number of amides is 1. The van der Waals surface area contributed by atoms with Gasteiger partial charge in [0.2, 0.25) is 0 Å². The summed E-state index contributed by atoms with van der Waals surface area (Å²) in [6.45, 7) is -0.440. The minimum absolute atomic E-state index is 0.0443. The van der Waals surface area contributed by atoms with Crippen LogP contribution in [0.15, 0.2) is 36.7 Å². The SMILES string of the molecule is CN(C)c1ccc(NC(=O)COC(=O)c2nccnc2N)cc1. The van der Waals surface area contributed by atoms with E-state index in [9.17, 15) is 9.59 Å². The fraction of sp³-hybridized carbons (Fsp3) is 0.200. The van der Waals surface area contributed by atoms with E-state index < -0.39 is 18.5 Å². The quantitative estimate of drug-likeness (QED) is 0.789. The first-order chi connectivity index (χ1) is 11.0. The summed E-state index contributed by atoms with van der Waals surface area (Å²) in [5.74, 6) is -1.30. The second-order valence-corrected chi connectivity index (χ2v) is 4.86. The van der Waals surface area contributed by atoms with Gasteiger partial charge in [-0.25, -0.2) is 14.8 Å². The molecule has 1 heterocycles. The molecule has 0 unspecified atom stereocenters. The van der Waals surface area contributed by atoms with Gasteiger partial charge in [-0.15, -0.1) is 0 Å². The molecule has 0 aliphatic heterocycles. The molecule has 1 amide bonds. The molecule has 0 saturated carbocycles. The van der Waals surface area contributed by atoms with Crippen molar-refractivity contribution in [1.29, 1.82) is 0 Å². The number of nitrogen functional groups attached to an aromatic ring is 1. The largest absolute Gasteiger partial charge is 0.451 e. The molecule has 2 aromatic rings. The first kappa shape index (κ1) is 16.2. The van der Waals surface area contributed by atoms with Crippen LogP contribution in [-0.2, 0) is 9.53 Å². The summed E-state index contributed by atoms with van der Waals surface area (Å²) in [5, 5.41) is 2.63. The molecule has 2 rings (SSSR count). The number of ether oxygens (including phenoxy) is 1. The molecule has 23 heavy (non-hydrogen) atoms. The first-order valence-electron chi connectivity index (χ1n) is 6.78. The van der Waals surface area contributed by atoms with E-state index in [1.807, 2.05) is 31.1 Å². The van der Waals surface area contributed by atoms with Crippen molar-refractivity contribution >= 4 is 29.1 Å². The maximum atomic E-state index is 11.8. The third kappa shape index (κ3) is 4.40. The van der Waals surface area contributed by atoms with Gasteiger partial charge < -0.3 is 20.7 Å². The Hall–Kier alpha value is -3.16. The van der Waals surface area contributed by atoms with Crippen molar-refractivity contribution in [3.8, 4) is 0 Å². The van der Waals surface area contributed by atoms with E-state index in [1.54, 1.807) is 12.1 Å². The summed E-state index contributed by atoms with van der Waals surface area (Å²) < 4.78 is 4.86. The zero-order chi connectivity index (χ0) is 16.8. The topological polar surface area (TPSA) is 110 Å². The highest BCUT2D eigenvalue weighted by molar-refractivity contribution is 5.96. The number of anilines is 3. The molecule has 0 aliphatic rings. The number of esters is 1. The van der Waals surface area contributed by atoms with Gasteiger partial charge in [-0.2, -0.15) is 0 Å². The van der Waals surface area contributed by atoms with E-state index in [2.05, 4.69) is 15.3 Å². The average molecular weight is 315 g/mol. The molecule has 0 atom stereocenters. The van der Waals surface area contributed by atoms with Crippen LogP contribution in [0.5, 0.6) is 0 Å². The second-order valence-electron chi connectivity index (χ2n) is 4.86. The van der Waals surface area contributed by atoms with Crippen LogP contribution in [0.4, 0.5) is 17.2 Å². The number of nitrogens with two attached hydrogens (primary N) is 1. The standard InChI is InChI=1S/C15H17N5O3/c1-20(2)11-5-3-10(4-6-11)19-12(21)9-23-15(22)13-14(16)18-8-7-17-13/h3-8H,9H2,1-2H3,(H2,16,18)(H,19,21). The van der Waals surface area contributed by atoms with Crippen molar-refractivity contribution in [3.05, 3.63) is 42.4 Å². The van der Waals surface area contributed by atoms with Crippen LogP contribution in [0, 0.1) is 0 Å². The summed E-state index contributed by atoms with van der Waals surface area (Å²) in [6.07, 6.45) is 2.68. The fourth-order valence-corrected chi connectivity index (χ4v) is 1.75. The Morgan fingerprint density at radius 3 is 2.43 bits per heavy atom. The highest BCUT2D eigenvalue weighted by Gasteiger charge is 2.15. The normalized spacial score (nSPS) is 10.0. The zero-order valence-electron chi connectivity index (χ0n) is 12.8. The Morgan fingerprint density at radius 2 is 1.83 bits per heavy atom. The van der Waals surface area contributed by atoms with Gasteiger partial charge in [0.15, 0.2) is 18.1 Å². The maximum absolute atomic E-state index is 11.8. The number of aromatic nitrogens is 2. The van der Waals surface area contributed by atoms with Gasteiger partial charge >= 0.3 is 5.97 Å². The van der Waals surface area contributed by atoms with Crippen molar-refractivity contribution in [2.45, 2.75) is 0 Å². The molecule has 3 N–H and O–H groups in total. The van der Waals surface area contributed by atoms with Crippen LogP contribution in [0.3, 0.4) is 0 Å². The molecule has 0 bridgehead atoms. The van der Waals surface area contributed by atoms with E-state index in [0.29, 0.717) is 5.69 Å². The van der Waals surface area contributed by atoms with Crippen LogP contribution in [0.25, 0.3) is 0 Å². The maximum Gasteiger partial charge on any atom is 0.361 e. The van der Waals surface area contributed by atoms with Crippen LogP contribution in [-0.4, -0.2) is 42.5 Å². The Bertz CT molecular complexity index is 701. The lowest BCUT2D eigenvalue weighted by Gasteiger charge is -2.13. The lowest BCUT2D eigenvalue weighted by atomic mass is 10.2. The molecule has 8 heteroatoms. The van der Waals surface area contributed by atoms with E-state index in [4.69, 9.17) is 10.5 Å². The predicted molar refractivity (Wildman–Crippen MR) is 86.1 cm³/mol. The molecule has 1 aromatic heterocycles. The molecule has 1 aromatic carbocycles. The average Bonchev–Trinajstić information content (AvgIpc) is 2.53. The van der Waals surface area contributed by atoms with E-state index in [0.717, 1.165) is 5.69 Å². The molecule has 0 radical (unpaired) electrons. The molecule has 0 saturated heterocycles. The van der Waals surface area contributed by atoms with Crippen LogP contribution in [0.1, 0.15) is 10.5 Å². The van der Waals surface area contributed by atoms with Gasteiger partial charge in [0.1, 0.15) is 0 Å². The molecular weight excluding hydrogens is 298 g/mol. The monoisotopic (exact) mass is 315 g/mol. The number of nitrogens with zero attached hydrogens (tertiary/aromatic N) is 3.